The van der Waals surface area contributed by atoms with Crippen molar-refractivity contribution in [2.45, 2.75) is 25.7 Å². The molecule has 0 saturated carbocycles. The molecule has 10 nitrogen and oxygen atoms in total. The Morgan fingerprint density at radius 3 is 2.32 bits per heavy atom. The fourth-order valence-corrected chi connectivity index (χ4v) is 4.76. The molecule has 0 spiro atoms. The zero-order chi connectivity index (χ0) is 22.2. The van der Waals surface area contributed by atoms with E-state index in [1.807, 2.05) is 6.07 Å². The van der Waals surface area contributed by atoms with Gasteiger partial charge in [0.05, 0.1) is 11.4 Å². The first-order valence-corrected chi connectivity index (χ1v) is 11.0. The summed E-state index contributed by atoms with van der Waals surface area (Å²) in [6.07, 6.45) is 3.48. The van der Waals surface area contributed by atoms with Crippen LogP contribution in [0.2, 0.25) is 0 Å². The third-order valence-electron chi connectivity index (χ3n) is 4.68. The van der Waals surface area contributed by atoms with E-state index in [9.17, 15) is 8.42 Å². The summed E-state index contributed by atoms with van der Waals surface area (Å²) >= 11 is 0. The Morgan fingerprint density at radius 2 is 1.71 bits per heavy atom. The number of hydrogen-bond donors (Lipinski definition) is 2. The molecule has 0 bridgehead atoms. The van der Waals surface area contributed by atoms with Crippen LogP contribution in [0.15, 0.2) is 53.7 Å². The molecule has 0 fully saturated rings. The van der Waals surface area contributed by atoms with Crippen LogP contribution in [0.4, 0.5) is 17.2 Å². The molecule has 0 unspecified atom stereocenters. The van der Waals surface area contributed by atoms with Crippen molar-refractivity contribution in [2.75, 3.05) is 10.0 Å². The van der Waals surface area contributed by atoms with Crippen LogP contribution >= 0.6 is 0 Å². The van der Waals surface area contributed by atoms with E-state index < -0.39 is 10.0 Å². The predicted molar refractivity (Wildman–Crippen MR) is 117 cm³/mol. The molecular formula is C20H22N8O2S. The van der Waals surface area contributed by atoms with Gasteiger partial charge in [-0.1, -0.05) is 0 Å². The topological polar surface area (TPSA) is 120 Å². The van der Waals surface area contributed by atoms with Crippen LogP contribution in [0.5, 0.6) is 0 Å². The van der Waals surface area contributed by atoms with Crippen molar-refractivity contribution in [3.8, 4) is 5.82 Å². The largest absolute Gasteiger partial charge is 0.340 e. The van der Waals surface area contributed by atoms with Crippen molar-refractivity contribution >= 4 is 27.2 Å². The number of rotatable bonds is 6. The Morgan fingerprint density at radius 1 is 1.00 bits per heavy atom. The Kier molecular flexibility index (Phi) is 5.19. The molecule has 0 radical (unpaired) electrons. The highest BCUT2D eigenvalue weighted by molar-refractivity contribution is 7.92. The zero-order valence-electron chi connectivity index (χ0n) is 17.5. The number of anilines is 3. The lowest BCUT2D eigenvalue weighted by atomic mass is 10.3. The first-order chi connectivity index (χ1) is 14.7. The molecule has 4 aromatic rings. The summed E-state index contributed by atoms with van der Waals surface area (Å²) in [5.41, 5.74) is 2.24. The molecule has 0 saturated heterocycles. The minimum absolute atomic E-state index is 0.194. The summed E-state index contributed by atoms with van der Waals surface area (Å²) in [4.78, 5) is 8.98. The number of nitrogens with zero attached hydrogens (tertiary/aromatic N) is 6. The lowest BCUT2D eigenvalue weighted by Crippen LogP contribution is -2.14. The molecule has 31 heavy (non-hydrogen) atoms. The maximum absolute atomic E-state index is 12.8. The highest BCUT2D eigenvalue weighted by Gasteiger charge is 2.23. The maximum atomic E-state index is 12.8. The summed E-state index contributed by atoms with van der Waals surface area (Å²) in [7, 11) is -2.03. The molecule has 0 amide bonds. The number of aromatic nitrogens is 6. The van der Waals surface area contributed by atoms with Crippen molar-refractivity contribution in [1.29, 1.82) is 0 Å². The third-order valence-corrected chi connectivity index (χ3v) is 6.32. The molecular weight excluding hydrogens is 416 g/mol. The van der Waals surface area contributed by atoms with Gasteiger partial charge in [0.1, 0.15) is 16.5 Å². The second-order valence-electron chi connectivity index (χ2n) is 7.04. The molecule has 1 aromatic carbocycles. The van der Waals surface area contributed by atoms with Gasteiger partial charge in [-0.15, -0.1) is 0 Å². The van der Waals surface area contributed by atoms with Crippen LogP contribution in [-0.2, 0) is 17.1 Å². The molecule has 0 atom stereocenters. The SMILES string of the molecule is Cc1nc(Nc2ccc(NS(=O)(=O)c3c(C)nn(C)c3C)cc2)cc(-n2cccn2)n1. The van der Waals surface area contributed by atoms with E-state index in [0.29, 0.717) is 34.5 Å². The smallest absolute Gasteiger partial charge is 0.265 e. The van der Waals surface area contributed by atoms with Crippen molar-refractivity contribution in [3.63, 3.8) is 0 Å². The van der Waals surface area contributed by atoms with Crippen molar-refractivity contribution < 1.29 is 8.42 Å². The molecule has 11 heteroatoms. The first-order valence-electron chi connectivity index (χ1n) is 9.49. The quantitative estimate of drug-likeness (QED) is 0.475. The van der Waals surface area contributed by atoms with Crippen molar-refractivity contribution in [3.05, 3.63) is 66.0 Å². The molecule has 0 aliphatic rings. The van der Waals surface area contributed by atoms with Crippen LogP contribution < -0.4 is 10.0 Å². The summed E-state index contributed by atoms with van der Waals surface area (Å²) in [5.74, 6) is 1.85. The summed E-state index contributed by atoms with van der Waals surface area (Å²) in [6, 6.07) is 10.5. The van der Waals surface area contributed by atoms with Gasteiger partial charge in [0, 0.05) is 36.9 Å². The van der Waals surface area contributed by atoms with Crippen LogP contribution in [0, 0.1) is 20.8 Å². The molecule has 160 valence electrons. The number of nitrogens with one attached hydrogen (secondary N) is 2. The van der Waals surface area contributed by atoms with Crippen LogP contribution in [0.3, 0.4) is 0 Å². The van der Waals surface area contributed by atoms with Crippen LogP contribution in [0.25, 0.3) is 5.82 Å². The van der Waals surface area contributed by atoms with Gasteiger partial charge in [-0.25, -0.2) is 23.1 Å². The fraction of sp³-hybridized carbons (Fsp3) is 0.200. The Balaban J connectivity index is 1.53. The fourth-order valence-electron chi connectivity index (χ4n) is 3.26. The summed E-state index contributed by atoms with van der Waals surface area (Å²) in [6.45, 7) is 5.21. The van der Waals surface area contributed by atoms with Gasteiger partial charge in [-0.3, -0.25) is 9.40 Å². The van der Waals surface area contributed by atoms with E-state index in [2.05, 4.69) is 30.2 Å². The molecule has 4 rings (SSSR count). The van der Waals surface area contributed by atoms with Gasteiger partial charge >= 0.3 is 0 Å². The van der Waals surface area contributed by atoms with Gasteiger partial charge in [0.2, 0.25) is 0 Å². The first kappa shape index (κ1) is 20.5. The number of benzene rings is 1. The molecule has 0 aliphatic carbocycles. The number of hydrogen-bond acceptors (Lipinski definition) is 7. The Hall–Kier alpha value is -3.73. The Bertz CT molecular complexity index is 1330. The van der Waals surface area contributed by atoms with E-state index in [4.69, 9.17) is 0 Å². The van der Waals surface area contributed by atoms with Gasteiger partial charge in [-0.2, -0.15) is 10.2 Å². The summed E-state index contributed by atoms with van der Waals surface area (Å²) < 4.78 is 31.4. The average Bonchev–Trinajstić information content (AvgIpc) is 3.31. The average molecular weight is 439 g/mol. The van der Waals surface area contributed by atoms with Gasteiger partial charge in [0.15, 0.2) is 5.82 Å². The second-order valence-corrected chi connectivity index (χ2v) is 8.66. The van der Waals surface area contributed by atoms with E-state index in [1.54, 1.807) is 79.9 Å². The van der Waals surface area contributed by atoms with E-state index in [0.717, 1.165) is 5.69 Å². The number of aryl methyl sites for hydroxylation is 3. The van der Waals surface area contributed by atoms with Crippen molar-refractivity contribution in [2.24, 2.45) is 7.05 Å². The number of sulfonamides is 1. The van der Waals surface area contributed by atoms with Gasteiger partial charge in [0.25, 0.3) is 10.0 Å². The molecule has 3 aromatic heterocycles. The normalized spacial score (nSPS) is 11.5. The lowest BCUT2D eigenvalue weighted by molar-refractivity contribution is 0.599. The van der Waals surface area contributed by atoms with Gasteiger partial charge in [-0.05, 0) is 51.1 Å². The van der Waals surface area contributed by atoms with Crippen LogP contribution in [0.1, 0.15) is 17.2 Å². The minimum Gasteiger partial charge on any atom is -0.340 e. The third kappa shape index (κ3) is 4.26. The second kappa shape index (κ2) is 7.84. The van der Waals surface area contributed by atoms with Crippen LogP contribution in [-0.4, -0.2) is 37.9 Å². The minimum atomic E-state index is -3.75. The van der Waals surface area contributed by atoms with E-state index in [-0.39, 0.29) is 4.90 Å². The van der Waals surface area contributed by atoms with E-state index in [1.165, 1.54) is 0 Å². The lowest BCUT2D eigenvalue weighted by Gasteiger charge is -2.11. The van der Waals surface area contributed by atoms with Crippen molar-refractivity contribution in [1.82, 2.24) is 29.5 Å². The monoisotopic (exact) mass is 438 g/mol. The molecule has 3 heterocycles. The molecule has 0 aliphatic heterocycles. The maximum Gasteiger partial charge on any atom is 0.265 e. The van der Waals surface area contributed by atoms with E-state index >= 15 is 0 Å². The molecule has 2 N–H and O–H groups in total. The van der Waals surface area contributed by atoms with Gasteiger partial charge < -0.3 is 5.32 Å². The summed E-state index contributed by atoms with van der Waals surface area (Å²) in [5, 5.41) is 11.6. The highest BCUT2D eigenvalue weighted by Crippen LogP contribution is 2.24. The Labute approximate surface area is 180 Å². The predicted octanol–water partition coefficient (Wildman–Crippen LogP) is 2.87. The standard InChI is InChI=1S/C20H22N8O2S/c1-13-20(14(2)27(4)25-13)31(29,30)26-17-8-6-16(7-9-17)24-18-12-19(23-15(3)22-18)28-11-5-10-21-28/h5-12,26H,1-4H3,(H,22,23,24). The zero-order valence-corrected chi connectivity index (χ0v) is 18.3. The highest BCUT2D eigenvalue weighted by atomic mass is 32.2.